The fraction of sp³-hybridized carbons (Fsp3) is 0.333. The highest BCUT2D eigenvalue weighted by Gasteiger charge is 2.25. The average Bonchev–Trinajstić information content (AvgIpc) is 2.74. The molecule has 3 rings (SSSR count). The lowest BCUT2D eigenvalue weighted by Gasteiger charge is -2.32. The van der Waals surface area contributed by atoms with Gasteiger partial charge in [-0.05, 0) is 43.2 Å². The van der Waals surface area contributed by atoms with Crippen molar-refractivity contribution in [3.05, 3.63) is 54.1 Å². The Morgan fingerprint density at radius 1 is 0.964 bits per heavy atom. The molecule has 28 heavy (non-hydrogen) atoms. The van der Waals surface area contributed by atoms with Crippen LogP contribution in [0.5, 0.6) is 11.5 Å². The van der Waals surface area contributed by atoms with E-state index in [1.54, 1.807) is 37.3 Å². The maximum atomic E-state index is 12.8. The van der Waals surface area contributed by atoms with Crippen molar-refractivity contribution in [3.63, 3.8) is 0 Å². The van der Waals surface area contributed by atoms with E-state index in [4.69, 9.17) is 9.47 Å². The maximum absolute atomic E-state index is 12.8. The number of para-hydroxylation sites is 1. The molecule has 1 fully saturated rings. The molecular weight excluding hydrogens is 358 g/mol. The summed E-state index contributed by atoms with van der Waals surface area (Å²) in [5.41, 5.74) is 1.31. The minimum atomic E-state index is -0.226. The second-order valence-corrected chi connectivity index (χ2v) is 6.60. The van der Waals surface area contributed by atoms with Crippen LogP contribution in [0.3, 0.4) is 0 Å². The van der Waals surface area contributed by atoms with Crippen LogP contribution in [0.4, 0.5) is 10.5 Å². The van der Waals surface area contributed by atoms with E-state index in [-0.39, 0.29) is 18.0 Å². The Morgan fingerprint density at radius 3 is 2.29 bits per heavy atom. The number of rotatable bonds is 5. The van der Waals surface area contributed by atoms with Gasteiger partial charge in [0, 0.05) is 30.4 Å². The zero-order valence-corrected chi connectivity index (χ0v) is 16.1. The summed E-state index contributed by atoms with van der Waals surface area (Å²) >= 11 is 0. The van der Waals surface area contributed by atoms with Crippen molar-refractivity contribution in [2.45, 2.75) is 18.9 Å². The van der Waals surface area contributed by atoms with Crippen LogP contribution in [0.15, 0.2) is 48.5 Å². The number of anilines is 1. The summed E-state index contributed by atoms with van der Waals surface area (Å²) < 4.78 is 10.5. The van der Waals surface area contributed by atoms with Crippen LogP contribution in [-0.2, 0) is 0 Å². The van der Waals surface area contributed by atoms with Gasteiger partial charge < -0.3 is 25.0 Å². The van der Waals surface area contributed by atoms with Crippen LogP contribution < -0.4 is 20.1 Å². The molecule has 1 saturated heterocycles. The number of carbonyl (C=O) groups is 2. The molecule has 0 spiro atoms. The predicted molar refractivity (Wildman–Crippen MR) is 107 cm³/mol. The number of carbonyl (C=O) groups excluding carboxylic acids is 2. The zero-order valence-electron chi connectivity index (χ0n) is 16.1. The maximum Gasteiger partial charge on any atom is 0.319 e. The van der Waals surface area contributed by atoms with Crippen LogP contribution in [0.2, 0.25) is 0 Å². The van der Waals surface area contributed by atoms with Gasteiger partial charge in [0.1, 0.15) is 0 Å². The Hall–Kier alpha value is -3.22. The third-order valence-corrected chi connectivity index (χ3v) is 4.78. The Bertz CT molecular complexity index is 818. The first kappa shape index (κ1) is 19.5. The van der Waals surface area contributed by atoms with Crippen LogP contribution >= 0.6 is 0 Å². The number of urea groups is 1. The molecule has 0 saturated carbocycles. The first-order valence-corrected chi connectivity index (χ1v) is 9.24. The molecule has 3 amide bonds. The molecule has 1 heterocycles. The van der Waals surface area contributed by atoms with Gasteiger partial charge in [0.25, 0.3) is 5.91 Å². The van der Waals surface area contributed by atoms with Crippen molar-refractivity contribution in [3.8, 4) is 11.5 Å². The van der Waals surface area contributed by atoms with E-state index in [0.29, 0.717) is 43.0 Å². The molecular formula is C21H25N3O4. The van der Waals surface area contributed by atoms with Gasteiger partial charge in [-0.3, -0.25) is 4.79 Å². The van der Waals surface area contributed by atoms with Gasteiger partial charge in [-0.1, -0.05) is 18.2 Å². The number of hydrogen-bond donors (Lipinski definition) is 2. The minimum absolute atomic E-state index is 0.0400. The second-order valence-electron chi connectivity index (χ2n) is 6.60. The molecule has 1 aliphatic heterocycles. The fourth-order valence-electron chi connectivity index (χ4n) is 3.25. The Morgan fingerprint density at radius 2 is 1.64 bits per heavy atom. The summed E-state index contributed by atoms with van der Waals surface area (Å²) in [5, 5.41) is 5.79. The number of nitrogens with one attached hydrogen (secondary N) is 2. The lowest BCUT2D eigenvalue weighted by Crippen LogP contribution is -2.47. The summed E-state index contributed by atoms with van der Waals surface area (Å²) in [7, 11) is 3.11. The summed E-state index contributed by atoms with van der Waals surface area (Å²) in [4.78, 5) is 26.7. The highest BCUT2D eigenvalue weighted by atomic mass is 16.5. The molecule has 7 heteroatoms. The molecule has 0 atom stereocenters. The summed E-state index contributed by atoms with van der Waals surface area (Å²) in [5.74, 6) is 1.07. The fourth-order valence-corrected chi connectivity index (χ4v) is 3.25. The highest BCUT2D eigenvalue weighted by Crippen LogP contribution is 2.28. The van der Waals surface area contributed by atoms with Crippen LogP contribution in [0.25, 0.3) is 0 Å². The van der Waals surface area contributed by atoms with Crippen molar-refractivity contribution in [1.82, 2.24) is 10.2 Å². The first-order chi connectivity index (χ1) is 13.6. The Balaban J connectivity index is 1.52. The number of amides is 3. The van der Waals surface area contributed by atoms with Crippen LogP contribution in [0, 0.1) is 0 Å². The molecule has 2 aromatic rings. The molecule has 148 valence electrons. The predicted octanol–water partition coefficient (Wildman–Crippen LogP) is 3.13. The largest absolute Gasteiger partial charge is 0.493 e. The van der Waals surface area contributed by atoms with E-state index >= 15 is 0 Å². The van der Waals surface area contributed by atoms with Crippen molar-refractivity contribution < 1.29 is 19.1 Å². The Labute approximate surface area is 164 Å². The highest BCUT2D eigenvalue weighted by molar-refractivity contribution is 5.95. The van der Waals surface area contributed by atoms with E-state index in [1.807, 2.05) is 30.3 Å². The molecule has 0 aliphatic carbocycles. The lowest BCUT2D eigenvalue weighted by molar-refractivity contribution is 0.0708. The molecule has 2 aromatic carbocycles. The van der Waals surface area contributed by atoms with Gasteiger partial charge in [0.15, 0.2) is 11.5 Å². The Kier molecular flexibility index (Phi) is 6.37. The van der Waals surface area contributed by atoms with Crippen LogP contribution in [-0.4, -0.2) is 50.2 Å². The van der Waals surface area contributed by atoms with E-state index < -0.39 is 0 Å². The third kappa shape index (κ3) is 4.73. The molecule has 0 aromatic heterocycles. The van der Waals surface area contributed by atoms with Gasteiger partial charge in [0.05, 0.1) is 14.2 Å². The minimum Gasteiger partial charge on any atom is -0.493 e. The van der Waals surface area contributed by atoms with E-state index in [1.165, 1.54) is 0 Å². The van der Waals surface area contributed by atoms with Gasteiger partial charge in [0.2, 0.25) is 0 Å². The third-order valence-electron chi connectivity index (χ3n) is 4.78. The number of benzene rings is 2. The molecule has 2 N–H and O–H groups in total. The molecule has 0 bridgehead atoms. The monoisotopic (exact) mass is 383 g/mol. The number of likely N-dealkylation sites (tertiary alicyclic amines) is 1. The summed E-state index contributed by atoms with van der Waals surface area (Å²) in [6, 6.07) is 14.3. The summed E-state index contributed by atoms with van der Waals surface area (Å²) in [6.45, 7) is 1.17. The number of ether oxygens (including phenoxy) is 2. The zero-order chi connectivity index (χ0) is 19.9. The molecule has 1 aliphatic rings. The quantitative estimate of drug-likeness (QED) is 0.831. The van der Waals surface area contributed by atoms with Crippen molar-refractivity contribution in [2.24, 2.45) is 0 Å². The van der Waals surface area contributed by atoms with Crippen molar-refractivity contribution in [2.75, 3.05) is 32.6 Å². The van der Waals surface area contributed by atoms with Gasteiger partial charge >= 0.3 is 6.03 Å². The van der Waals surface area contributed by atoms with Crippen molar-refractivity contribution in [1.29, 1.82) is 0 Å². The molecule has 0 unspecified atom stereocenters. The van der Waals surface area contributed by atoms with Gasteiger partial charge in [-0.2, -0.15) is 0 Å². The first-order valence-electron chi connectivity index (χ1n) is 9.24. The number of piperidine rings is 1. The smallest absolute Gasteiger partial charge is 0.319 e. The standard InChI is InChI=1S/C21H25N3O4/c1-27-18-9-8-15(14-19(18)28-2)20(25)24-12-10-17(11-13-24)23-21(26)22-16-6-4-3-5-7-16/h3-9,14,17H,10-13H2,1-2H3,(H2,22,23,26). The SMILES string of the molecule is COc1ccc(C(=O)N2CCC(NC(=O)Nc3ccccc3)CC2)cc1OC. The molecule has 7 nitrogen and oxygen atoms in total. The van der Waals surface area contributed by atoms with Crippen LogP contribution in [0.1, 0.15) is 23.2 Å². The lowest BCUT2D eigenvalue weighted by atomic mass is 10.0. The second kappa shape index (κ2) is 9.12. The number of nitrogens with zero attached hydrogens (tertiary/aromatic N) is 1. The van der Waals surface area contributed by atoms with Gasteiger partial charge in [-0.15, -0.1) is 0 Å². The van der Waals surface area contributed by atoms with Crippen molar-refractivity contribution >= 4 is 17.6 Å². The normalized spacial score (nSPS) is 14.3. The number of hydrogen-bond acceptors (Lipinski definition) is 4. The van der Waals surface area contributed by atoms with Gasteiger partial charge in [-0.25, -0.2) is 4.79 Å². The molecule has 0 radical (unpaired) electrons. The topological polar surface area (TPSA) is 79.9 Å². The number of methoxy groups -OCH3 is 2. The van der Waals surface area contributed by atoms with E-state index in [0.717, 1.165) is 5.69 Å². The van der Waals surface area contributed by atoms with E-state index in [2.05, 4.69) is 10.6 Å². The summed E-state index contributed by atoms with van der Waals surface area (Å²) in [6.07, 6.45) is 1.42. The van der Waals surface area contributed by atoms with E-state index in [9.17, 15) is 9.59 Å². The average molecular weight is 383 g/mol.